The highest BCUT2D eigenvalue weighted by Crippen LogP contribution is 2.42. The van der Waals surface area contributed by atoms with E-state index < -0.39 is 0 Å². The molecule has 1 aliphatic rings. The van der Waals surface area contributed by atoms with Gasteiger partial charge in [0.2, 0.25) is 0 Å². The van der Waals surface area contributed by atoms with Crippen molar-refractivity contribution >= 4 is 0 Å². The second-order valence-electron chi connectivity index (χ2n) is 4.86. The Morgan fingerprint density at radius 1 is 1.25 bits per heavy atom. The molecule has 0 aliphatic heterocycles. The molecule has 0 aromatic rings. The zero-order valence-corrected chi connectivity index (χ0v) is 8.60. The molecular weight excluding hydrogens is 146 g/mol. The van der Waals surface area contributed by atoms with E-state index in [1.807, 2.05) is 0 Å². The molecule has 72 valence electrons. The second-order valence-corrected chi connectivity index (χ2v) is 4.86. The van der Waals surface area contributed by atoms with E-state index in [1.165, 1.54) is 38.5 Å². The van der Waals surface area contributed by atoms with Crippen molar-refractivity contribution in [1.82, 2.24) is 0 Å². The van der Waals surface area contributed by atoms with Crippen molar-refractivity contribution in [3.8, 4) is 0 Å². The Morgan fingerprint density at radius 3 is 2.33 bits per heavy atom. The van der Waals surface area contributed by atoms with Crippen molar-refractivity contribution in [3.05, 3.63) is 0 Å². The molecule has 0 aromatic heterocycles. The molecule has 1 heteroatoms. The SMILES string of the molecule is CC(C)(CCCN)C1CCCC1. The summed E-state index contributed by atoms with van der Waals surface area (Å²) in [5.41, 5.74) is 6.09. The molecule has 1 rings (SSSR count). The van der Waals surface area contributed by atoms with Crippen molar-refractivity contribution in [2.45, 2.75) is 52.4 Å². The third kappa shape index (κ3) is 2.48. The van der Waals surface area contributed by atoms with Gasteiger partial charge in [-0.15, -0.1) is 0 Å². The summed E-state index contributed by atoms with van der Waals surface area (Å²) in [5.74, 6) is 0.976. The maximum Gasteiger partial charge on any atom is -0.00771 e. The molecule has 1 fully saturated rings. The lowest BCUT2D eigenvalue weighted by Crippen LogP contribution is -2.22. The van der Waals surface area contributed by atoms with Crippen LogP contribution >= 0.6 is 0 Å². The Hall–Kier alpha value is -0.0400. The van der Waals surface area contributed by atoms with Crippen LogP contribution in [0, 0.1) is 11.3 Å². The van der Waals surface area contributed by atoms with Crippen LogP contribution in [0.5, 0.6) is 0 Å². The summed E-state index contributed by atoms with van der Waals surface area (Å²) in [6, 6.07) is 0. The fourth-order valence-corrected chi connectivity index (χ4v) is 2.47. The molecule has 1 nitrogen and oxygen atoms in total. The van der Waals surface area contributed by atoms with Gasteiger partial charge in [-0.25, -0.2) is 0 Å². The number of nitrogens with two attached hydrogens (primary N) is 1. The summed E-state index contributed by atoms with van der Waals surface area (Å²) in [6.07, 6.45) is 8.33. The maximum atomic E-state index is 5.53. The van der Waals surface area contributed by atoms with Crippen LogP contribution in [-0.4, -0.2) is 6.54 Å². The van der Waals surface area contributed by atoms with E-state index in [-0.39, 0.29) is 0 Å². The summed E-state index contributed by atoms with van der Waals surface area (Å²) in [4.78, 5) is 0. The topological polar surface area (TPSA) is 26.0 Å². The van der Waals surface area contributed by atoms with Crippen molar-refractivity contribution in [1.29, 1.82) is 0 Å². The lowest BCUT2D eigenvalue weighted by atomic mass is 9.74. The van der Waals surface area contributed by atoms with Gasteiger partial charge in [0.25, 0.3) is 0 Å². The Kier molecular flexibility index (Phi) is 3.57. The summed E-state index contributed by atoms with van der Waals surface area (Å²) in [6.45, 7) is 5.69. The third-order valence-corrected chi connectivity index (χ3v) is 3.49. The average molecular weight is 169 g/mol. The van der Waals surface area contributed by atoms with Gasteiger partial charge in [-0.05, 0) is 43.6 Å². The van der Waals surface area contributed by atoms with Gasteiger partial charge in [0.05, 0.1) is 0 Å². The average Bonchev–Trinajstić information content (AvgIpc) is 2.53. The van der Waals surface area contributed by atoms with Crippen LogP contribution in [0.25, 0.3) is 0 Å². The van der Waals surface area contributed by atoms with E-state index in [1.54, 1.807) is 0 Å². The van der Waals surface area contributed by atoms with Gasteiger partial charge in [0, 0.05) is 0 Å². The van der Waals surface area contributed by atoms with Crippen molar-refractivity contribution < 1.29 is 0 Å². The van der Waals surface area contributed by atoms with Gasteiger partial charge in [0.15, 0.2) is 0 Å². The van der Waals surface area contributed by atoms with Crippen LogP contribution in [0.4, 0.5) is 0 Å². The molecule has 0 spiro atoms. The van der Waals surface area contributed by atoms with Crippen molar-refractivity contribution in [2.75, 3.05) is 6.54 Å². The van der Waals surface area contributed by atoms with Gasteiger partial charge in [-0.2, -0.15) is 0 Å². The first-order chi connectivity index (χ1) is 5.67. The van der Waals surface area contributed by atoms with Gasteiger partial charge in [-0.3, -0.25) is 0 Å². The van der Waals surface area contributed by atoms with Gasteiger partial charge < -0.3 is 5.73 Å². The van der Waals surface area contributed by atoms with Crippen molar-refractivity contribution in [2.24, 2.45) is 17.1 Å². The molecule has 0 unspecified atom stereocenters. The summed E-state index contributed by atoms with van der Waals surface area (Å²) in [5, 5.41) is 0. The number of hydrogen-bond acceptors (Lipinski definition) is 1. The summed E-state index contributed by atoms with van der Waals surface area (Å²) < 4.78 is 0. The predicted molar refractivity (Wildman–Crippen MR) is 54.0 cm³/mol. The highest BCUT2D eigenvalue weighted by molar-refractivity contribution is 4.82. The van der Waals surface area contributed by atoms with Gasteiger partial charge >= 0.3 is 0 Å². The van der Waals surface area contributed by atoms with Crippen LogP contribution in [0.1, 0.15) is 52.4 Å². The summed E-state index contributed by atoms with van der Waals surface area (Å²) >= 11 is 0. The highest BCUT2D eigenvalue weighted by Gasteiger charge is 2.30. The van der Waals surface area contributed by atoms with E-state index >= 15 is 0 Å². The standard InChI is InChI=1S/C11H23N/c1-11(2,8-5-9-12)10-6-3-4-7-10/h10H,3-9,12H2,1-2H3. The molecule has 0 aromatic carbocycles. The zero-order valence-electron chi connectivity index (χ0n) is 8.60. The minimum Gasteiger partial charge on any atom is -0.330 e. The smallest absolute Gasteiger partial charge is 0.00771 e. The molecule has 0 atom stereocenters. The highest BCUT2D eigenvalue weighted by atomic mass is 14.5. The number of rotatable bonds is 4. The molecule has 12 heavy (non-hydrogen) atoms. The Bertz CT molecular complexity index is 123. The first kappa shape index (κ1) is 10.0. The predicted octanol–water partition coefficient (Wildman–Crippen LogP) is 2.94. The Morgan fingerprint density at radius 2 is 1.83 bits per heavy atom. The van der Waals surface area contributed by atoms with Crippen LogP contribution in [-0.2, 0) is 0 Å². The van der Waals surface area contributed by atoms with Gasteiger partial charge in [-0.1, -0.05) is 26.7 Å². The number of hydrogen-bond donors (Lipinski definition) is 1. The normalized spacial score (nSPS) is 20.2. The Balaban J connectivity index is 2.34. The molecule has 0 bridgehead atoms. The minimum absolute atomic E-state index is 0.551. The first-order valence-corrected chi connectivity index (χ1v) is 5.37. The monoisotopic (exact) mass is 169 g/mol. The van der Waals surface area contributed by atoms with Crippen LogP contribution in [0.15, 0.2) is 0 Å². The molecule has 0 radical (unpaired) electrons. The van der Waals surface area contributed by atoms with Crippen LogP contribution in [0.3, 0.4) is 0 Å². The van der Waals surface area contributed by atoms with E-state index in [9.17, 15) is 0 Å². The quantitative estimate of drug-likeness (QED) is 0.688. The fourth-order valence-electron chi connectivity index (χ4n) is 2.47. The molecule has 1 aliphatic carbocycles. The van der Waals surface area contributed by atoms with E-state index in [2.05, 4.69) is 13.8 Å². The minimum atomic E-state index is 0.551. The second kappa shape index (κ2) is 4.27. The molecule has 0 heterocycles. The molecular formula is C11H23N. The van der Waals surface area contributed by atoms with Crippen LogP contribution in [0.2, 0.25) is 0 Å². The van der Waals surface area contributed by atoms with E-state index in [0.717, 1.165) is 12.5 Å². The maximum absolute atomic E-state index is 5.53. The molecule has 0 saturated heterocycles. The lowest BCUT2D eigenvalue weighted by Gasteiger charge is -2.31. The largest absolute Gasteiger partial charge is 0.330 e. The van der Waals surface area contributed by atoms with Crippen molar-refractivity contribution in [3.63, 3.8) is 0 Å². The Labute approximate surface area is 76.7 Å². The lowest BCUT2D eigenvalue weighted by molar-refractivity contribution is 0.195. The van der Waals surface area contributed by atoms with E-state index in [0.29, 0.717) is 5.41 Å². The molecule has 2 N–H and O–H groups in total. The third-order valence-electron chi connectivity index (χ3n) is 3.49. The molecule has 0 amide bonds. The van der Waals surface area contributed by atoms with E-state index in [4.69, 9.17) is 5.73 Å². The summed E-state index contributed by atoms with van der Waals surface area (Å²) in [7, 11) is 0. The zero-order chi connectivity index (χ0) is 9.03. The fraction of sp³-hybridized carbons (Fsp3) is 1.00. The molecule has 1 saturated carbocycles. The van der Waals surface area contributed by atoms with Gasteiger partial charge in [0.1, 0.15) is 0 Å². The first-order valence-electron chi connectivity index (χ1n) is 5.37. The van der Waals surface area contributed by atoms with Crippen LogP contribution < -0.4 is 5.73 Å².